The predicted molar refractivity (Wildman–Crippen MR) is 111 cm³/mol. The van der Waals surface area contributed by atoms with Gasteiger partial charge in [0, 0.05) is 38.1 Å². The summed E-state index contributed by atoms with van der Waals surface area (Å²) in [6.07, 6.45) is 2.41. The molecule has 1 aromatic carbocycles. The summed E-state index contributed by atoms with van der Waals surface area (Å²) in [5, 5.41) is 2.91. The lowest BCUT2D eigenvalue weighted by atomic mass is 10.2. The minimum atomic E-state index is -0.233. The predicted octanol–water partition coefficient (Wildman–Crippen LogP) is 2.40. The molecule has 2 amide bonds. The Kier molecular flexibility index (Phi) is 5.64. The fourth-order valence-electron chi connectivity index (χ4n) is 3.73. The van der Waals surface area contributed by atoms with Gasteiger partial charge in [0.1, 0.15) is 11.6 Å². The van der Waals surface area contributed by atoms with Crippen LogP contribution in [0.4, 0.5) is 11.5 Å². The van der Waals surface area contributed by atoms with Gasteiger partial charge in [-0.2, -0.15) is 0 Å². The molecule has 2 heterocycles. The first kappa shape index (κ1) is 19.2. The number of carbonyl (C=O) groups is 2. The van der Waals surface area contributed by atoms with Crippen LogP contribution in [0.25, 0.3) is 0 Å². The van der Waals surface area contributed by atoms with Crippen molar-refractivity contribution in [2.75, 3.05) is 43.0 Å². The number of hydrogen-bond donors (Lipinski definition) is 1. The molecule has 152 valence electrons. The van der Waals surface area contributed by atoms with Crippen molar-refractivity contribution >= 4 is 23.3 Å². The third-order valence-electron chi connectivity index (χ3n) is 5.44. The quantitative estimate of drug-likeness (QED) is 0.814. The third-order valence-corrected chi connectivity index (χ3v) is 5.44. The normalized spacial score (nSPS) is 20.9. The fourth-order valence-corrected chi connectivity index (χ4v) is 3.73. The van der Waals surface area contributed by atoms with Crippen LogP contribution in [0.3, 0.4) is 0 Å². The second-order valence-corrected chi connectivity index (χ2v) is 7.40. The van der Waals surface area contributed by atoms with Gasteiger partial charge in [0.25, 0.3) is 0 Å². The number of pyridine rings is 1. The number of hydrogen-bond acceptors (Lipinski definition) is 5. The standard InChI is InChI=1S/C22H26N4O3/c1-2-29-17-8-6-16(7-9-17)24-21(27)18-15-19(18)22(28)26-13-11-25(12-14-26)20-5-3-4-10-23-20/h3-10,18-19H,2,11-15H2,1H3,(H,24,27). The molecule has 0 spiro atoms. The molecular formula is C22H26N4O3. The number of piperazine rings is 1. The van der Waals surface area contributed by atoms with Crippen molar-refractivity contribution in [3.05, 3.63) is 48.7 Å². The van der Waals surface area contributed by atoms with E-state index in [0.29, 0.717) is 26.1 Å². The summed E-state index contributed by atoms with van der Waals surface area (Å²) in [6, 6.07) is 13.1. The Morgan fingerprint density at radius 3 is 2.48 bits per heavy atom. The Morgan fingerprint density at radius 2 is 1.83 bits per heavy atom. The van der Waals surface area contributed by atoms with Gasteiger partial charge in [0.15, 0.2) is 0 Å². The number of rotatable bonds is 6. The van der Waals surface area contributed by atoms with Gasteiger partial charge in [0.05, 0.1) is 18.4 Å². The number of anilines is 2. The van der Waals surface area contributed by atoms with Crippen LogP contribution in [-0.4, -0.2) is 54.5 Å². The molecular weight excluding hydrogens is 368 g/mol. The second kappa shape index (κ2) is 8.51. The first-order valence-corrected chi connectivity index (χ1v) is 10.1. The molecule has 29 heavy (non-hydrogen) atoms. The maximum absolute atomic E-state index is 12.8. The summed E-state index contributed by atoms with van der Waals surface area (Å²) >= 11 is 0. The van der Waals surface area contributed by atoms with E-state index in [1.807, 2.05) is 54.3 Å². The van der Waals surface area contributed by atoms with Crippen LogP contribution in [0.15, 0.2) is 48.7 Å². The molecule has 0 bridgehead atoms. The fraction of sp³-hybridized carbons (Fsp3) is 0.409. The van der Waals surface area contributed by atoms with Crippen molar-refractivity contribution in [3.8, 4) is 5.75 Å². The first-order chi connectivity index (χ1) is 14.2. The molecule has 1 saturated carbocycles. The monoisotopic (exact) mass is 394 g/mol. The molecule has 2 unspecified atom stereocenters. The van der Waals surface area contributed by atoms with Gasteiger partial charge in [-0.3, -0.25) is 9.59 Å². The zero-order valence-corrected chi connectivity index (χ0v) is 16.6. The molecule has 4 rings (SSSR count). The number of benzene rings is 1. The molecule has 7 nitrogen and oxygen atoms in total. The highest BCUT2D eigenvalue weighted by molar-refractivity contribution is 5.99. The average molecular weight is 394 g/mol. The van der Waals surface area contributed by atoms with Crippen LogP contribution >= 0.6 is 0 Å². The molecule has 7 heteroatoms. The van der Waals surface area contributed by atoms with Gasteiger partial charge in [-0.15, -0.1) is 0 Å². The van der Waals surface area contributed by atoms with Crippen LogP contribution in [0, 0.1) is 11.8 Å². The molecule has 2 fully saturated rings. The van der Waals surface area contributed by atoms with E-state index >= 15 is 0 Å². The highest BCUT2D eigenvalue weighted by Gasteiger charge is 2.49. The minimum Gasteiger partial charge on any atom is -0.494 e. The highest BCUT2D eigenvalue weighted by atomic mass is 16.5. The van der Waals surface area contributed by atoms with Crippen LogP contribution in [-0.2, 0) is 9.59 Å². The second-order valence-electron chi connectivity index (χ2n) is 7.40. The zero-order valence-electron chi connectivity index (χ0n) is 16.6. The summed E-state index contributed by atoms with van der Waals surface area (Å²) in [7, 11) is 0. The molecule has 1 N–H and O–H groups in total. The lowest BCUT2D eigenvalue weighted by Gasteiger charge is -2.35. The Balaban J connectivity index is 1.25. The lowest BCUT2D eigenvalue weighted by Crippen LogP contribution is -2.49. The van der Waals surface area contributed by atoms with Crippen molar-refractivity contribution in [1.29, 1.82) is 0 Å². The Bertz CT molecular complexity index is 848. The van der Waals surface area contributed by atoms with E-state index in [9.17, 15) is 9.59 Å². The summed E-state index contributed by atoms with van der Waals surface area (Å²) in [5.41, 5.74) is 0.723. The van der Waals surface area contributed by atoms with Crippen molar-refractivity contribution in [1.82, 2.24) is 9.88 Å². The van der Waals surface area contributed by atoms with Gasteiger partial charge in [-0.1, -0.05) is 6.07 Å². The smallest absolute Gasteiger partial charge is 0.228 e. The van der Waals surface area contributed by atoms with Crippen LogP contribution in [0.2, 0.25) is 0 Å². The number of nitrogens with zero attached hydrogens (tertiary/aromatic N) is 3. The topological polar surface area (TPSA) is 74.8 Å². The van der Waals surface area contributed by atoms with E-state index in [-0.39, 0.29) is 23.7 Å². The van der Waals surface area contributed by atoms with Crippen molar-refractivity contribution < 1.29 is 14.3 Å². The highest BCUT2D eigenvalue weighted by Crippen LogP contribution is 2.41. The van der Waals surface area contributed by atoms with E-state index in [2.05, 4.69) is 15.2 Å². The lowest BCUT2D eigenvalue weighted by molar-refractivity contribution is -0.134. The van der Waals surface area contributed by atoms with Gasteiger partial charge >= 0.3 is 0 Å². The minimum absolute atomic E-state index is 0.0837. The number of ether oxygens (including phenoxy) is 1. The molecule has 2 atom stereocenters. The maximum Gasteiger partial charge on any atom is 0.228 e. The summed E-state index contributed by atoms with van der Waals surface area (Å²) in [4.78, 5) is 33.7. The Hall–Kier alpha value is -3.09. The average Bonchev–Trinajstić information content (AvgIpc) is 3.57. The van der Waals surface area contributed by atoms with Crippen LogP contribution < -0.4 is 15.0 Å². The van der Waals surface area contributed by atoms with E-state index < -0.39 is 0 Å². The molecule has 0 radical (unpaired) electrons. The van der Waals surface area contributed by atoms with Gasteiger partial charge < -0.3 is 19.9 Å². The summed E-state index contributed by atoms with van der Waals surface area (Å²) in [6.45, 7) is 5.39. The number of aromatic nitrogens is 1. The van der Waals surface area contributed by atoms with E-state index in [0.717, 1.165) is 30.3 Å². The van der Waals surface area contributed by atoms with Crippen LogP contribution in [0.1, 0.15) is 13.3 Å². The largest absolute Gasteiger partial charge is 0.494 e. The van der Waals surface area contributed by atoms with Gasteiger partial charge in [-0.25, -0.2) is 4.98 Å². The molecule has 2 aliphatic rings. The Labute approximate surface area is 170 Å². The molecule has 1 aliphatic heterocycles. The molecule has 1 aromatic heterocycles. The molecule has 2 aromatic rings. The SMILES string of the molecule is CCOc1ccc(NC(=O)C2CC2C(=O)N2CCN(c3ccccn3)CC2)cc1. The summed E-state index contributed by atoms with van der Waals surface area (Å²) < 4.78 is 5.41. The van der Waals surface area contributed by atoms with E-state index in [4.69, 9.17) is 4.74 Å². The first-order valence-electron chi connectivity index (χ1n) is 10.1. The third kappa shape index (κ3) is 4.50. The summed E-state index contributed by atoms with van der Waals surface area (Å²) in [5.74, 6) is 1.30. The van der Waals surface area contributed by atoms with E-state index in [1.54, 1.807) is 6.20 Å². The van der Waals surface area contributed by atoms with Crippen molar-refractivity contribution in [3.63, 3.8) is 0 Å². The Morgan fingerprint density at radius 1 is 1.07 bits per heavy atom. The van der Waals surface area contributed by atoms with Crippen molar-refractivity contribution in [2.45, 2.75) is 13.3 Å². The maximum atomic E-state index is 12.8. The van der Waals surface area contributed by atoms with Gasteiger partial charge in [-0.05, 0) is 49.7 Å². The van der Waals surface area contributed by atoms with E-state index in [1.165, 1.54) is 0 Å². The van der Waals surface area contributed by atoms with Crippen LogP contribution in [0.5, 0.6) is 5.75 Å². The van der Waals surface area contributed by atoms with Gasteiger partial charge in [0.2, 0.25) is 11.8 Å². The molecule has 1 saturated heterocycles. The zero-order chi connectivity index (χ0) is 20.2. The number of amides is 2. The number of carbonyl (C=O) groups excluding carboxylic acids is 2. The number of nitrogens with one attached hydrogen (secondary N) is 1. The molecule has 1 aliphatic carbocycles. The van der Waals surface area contributed by atoms with Crippen molar-refractivity contribution in [2.24, 2.45) is 11.8 Å².